The van der Waals surface area contributed by atoms with Gasteiger partial charge in [-0.05, 0) is 27.3 Å². The van der Waals surface area contributed by atoms with E-state index in [1.54, 1.807) is 18.4 Å². The second kappa shape index (κ2) is 6.44. The van der Waals surface area contributed by atoms with Crippen molar-refractivity contribution in [1.29, 1.82) is 0 Å². The molecule has 1 aromatic rings. The number of likely N-dealkylation sites (N-methyl/N-ethyl adjacent to an activating group) is 1. The predicted octanol–water partition coefficient (Wildman–Crippen LogP) is 1.64. The van der Waals surface area contributed by atoms with Gasteiger partial charge >= 0.3 is 0 Å². The zero-order valence-corrected chi connectivity index (χ0v) is 12.0. The Morgan fingerprint density at radius 3 is 2.76 bits per heavy atom. The minimum atomic E-state index is -0.0214. The molecule has 0 spiro atoms. The number of nitrogens with zero attached hydrogens (tertiary/aromatic N) is 2. The summed E-state index contributed by atoms with van der Waals surface area (Å²) < 4.78 is 5.16. The third-order valence-corrected chi connectivity index (χ3v) is 4.35. The van der Waals surface area contributed by atoms with Gasteiger partial charge in [0.1, 0.15) is 0 Å². The second-order valence-corrected chi connectivity index (χ2v) is 5.60. The number of ether oxygens (including phenoxy) is 1. The molecule has 0 radical (unpaired) electrons. The van der Waals surface area contributed by atoms with Crippen LogP contribution in [0.2, 0.25) is 0 Å². The summed E-state index contributed by atoms with van der Waals surface area (Å²) in [7, 11) is 3.84. The van der Waals surface area contributed by atoms with Gasteiger partial charge in [0.15, 0.2) is 0 Å². The van der Waals surface area contributed by atoms with Crippen molar-refractivity contribution in [1.82, 2.24) is 9.88 Å². The van der Waals surface area contributed by atoms with Gasteiger partial charge in [0, 0.05) is 37.2 Å². The molecular formula is C12H23N3OS. The predicted molar refractivity (Wildman–Crippen MR) is 72.3 cm³/mol. The third kappa shape index (κ3) is 3.74. The smallest absolute Gasteiger partial charge is 0.0798 e. The number of aromatic nitrogens is 1. The molecule has 2 N–H and O–H groups in total. The monoisotopic (exact) mass is 257 g/mol. The minimum absolute atomic E-state index is 0.0214. The molecule has 1 rings (SSSR count). The lowest BCUT2D eigenvalue weighted by atomic mass is 9.96. The molecule has 5 heteroatoms. The highest BCUT2D eigenvalue weighted by Gasteiger charge is 2.27. The molecule has 0 aliphatic rings. The molecule has 17 heavy (non-hydrogen) atoms. The topological polar surface area (TPSA) is 51.4 Å². The van der Waals surface area contributed by atoms with Gasteiger partial charge in [0.25, 0.3) is 0 Å². The van der Waals surface area contributed by atoms with Crippen molar-refractivity contribution in [3.05, 3.63) is 16.1 Å². The fourth-order valence-electron chi connectivity index (χ4n) is 1.65. The zero-order valence-electron chi connectivity index (χ0n) is 11.2. The highest BCUT2D eigenvalue weighted by atomic mass is 32.1. The summed E-state index contributed by atoms with van der Waals surface area (Å²) in [6.07, 6.45) is 0.939. The molecule has 1 aromatic heterocycles. The standard InChI is InChI=1S/C12H23N3OS/c1-10-11(17-9-14-10)7-15(3)12(2,8-13)5-6-16-4/h9H,5-8,13H2,1-4H3. The molecular weight excluding hydrogens is 234 g/mol. The number of nitrogens with two attached hydrogens (primary N) is 1. The van der Waals surface area contributed by atoms with E-state index in [2.05, 4.69) is 30.8 Å². The van der Waals surface area contributed by atoms with E-state index in [9.17, 15) is 0 Å². The van der Waals surface area contributed by atoms with Gasteiger partial charge in [0.2, 0.25) is 0 Å². The van der Waals surface area contributed by atoms with Crippen LogP contribution >= 0.6 is 11.3 Å². The van der Waals surface area contributed by atoms with E-state index in [-0.39, 0.29) is 5.54 Å². The largest absolute Gasteiger partial charge is 0.385 e. The first-order chi connectivity index (χ1) is 8.03. The van der Waals surface area contributed by atoms with Crippen LogP contribution < -0.4 is 5.73 Å². The van der Waals surface area contributed by atoms with Crippen molar-refractivity contribution < 1.29 is 4.74 Å². The Morgan fingerprint density at radius 2 is 2.29 bits per heavy atom. The summed E-state index contributed by atoms with van der Waals surface area (Å²) >= 11 is 1.70. The summed E-state index contributed by atoms with van der Waals surface area (Å²) in [4.78, 5) is 7.88. The van der Waals surface area contributed by atoms with Crippen LogP contribution in [0.15, 0.2) is 5.51 Å². The van der Waals surface area contributed by atoms with Crippen LogP contribution in [0.4, 0.5) is 0 Å². The maximum atomic E-state index is 5.91. The number of aryl methyl sites for hydroxylation is 1. The first-order valence-electron chi connectivity index (χ1n) is 5.82. The summed E-state index contributed by atoms with van der Waals surface area (Å²) in [6.45, 7) is 6.50. The SMILES string of the molecule is COCCC(C)(CN)N(C)Cc1scnc1C. The molecule has 0 fully saturated rings. The van der Waals surface area contributed by atoms with Crippen LogP contribution in [0.1, 0.15) is 23.9 Å². The number of methoxy groups -OCH3 is 1. The van der Waals surface area contributed by atoms with Gasteiger partial charge in [0.05, 0.1) is 11.2 Å². The fraction of sp³-hybridized carbons (Fsp3) is 0.750. The van der Waals surface area contributed by atoms with Gasteiger partial charge < -0.3 is 10.5 Å². The lowest BCUT2D eigenvalue weighted by Crippen LogP contribution is -2.49. The average molecular weight is 257 g/mol. The number of rotatable bonds is 7. The average Bonchev–Trinajstić information content (AvgIpc) is 2.72. The highest BCUT2D eigenvalue weighted by molar-refractivity contribution is 7.09. The molecule has 1 unspecified atom stereocenters. The first-order valence-corrected chi connectivity index (χ1v) is 6.70. The molecule has 0 bridgehead atoms. The van der Waals surface area contributed by atoms with Gasteiger partial charge in [-0.25, -0.2) is 4.98 Å². The van der Waals surface area contributed by atoms with Gasteiger partial charge in [-0.2, -0.15) is 0 Å². The van der Waals surface area contributed by atoms with Crippen molar-refractivity contribution >= 4 is 11.3 Å². The Labute approximate surface area is 108 Å². The zero-order chi connectivity index (χ0) is 12.9. The molecule has 0 amide bonds. The van der Waals surface area contributed by atoms with E-state index < -0.39 is 0 Å². The maximum absolute atomic E-state index is 5.91. The first kappa shape index (κ1) is 14.6. The Morgan fingerprint density at radius 1 is 1.59 bits per heavy atom. The van der Waals surface area contributed by atoms with Crippen LogP contribution in [-0.2, 0) is 11.3 Å². The summed E-state index contributed by atoms with van der Waals surface area (Å²) in [5.74, 6) is 0. The summed E-state index contributed by atoms with van der Waals surface area (Å²) in [5.41, 5.74) is 8.90. The lowest BCUT2D eigenvalue weighted by molar-refractivity contribution is 0.0845. The quantitative estimate of drug-likeness (QED) is 0.807. The van der Waals surface area contributed by atoms with E-state index in [4.69, 9.17) is 10.5 Å². The molecule has 4 nitrogen and oxygen atoms in total. The molecule has 0 aliphatic carbocycles. The van der Waals surface area contributed by atoms with E-state index in [0.29, 0.717) is 6.54 Å². The molecule has 98 valence electrons. The molecule has 1 atom stereocenters. The lowest BCUT2D eigenvalue weighted by Gasteiger charge is -2.37. The third-order valence-electron chi connectivity index (χ3n) is 3.43. The highest BCUT2D eigenvalue weighted by Crippen LogP contribution is 2.22. The second-order valence-electron chi connectivity index (χ2n) is 4.66. The molecule has 0 saturated heterocycles. The molecule has 0 aliphatic heterocycles. The molecule has 0 aromatic carbocycles. The van der Waals surface area contributed by atoms with Gasteiger partial charge in [-0.1, -0.05) is 0 Å². The van der Waals surface area contributed by atoms with Crippen LogP contribution in [0.3, 0.4) is 0 Å². The van der Waals surface area contributed by atoms with Crippen molar-refractivity contribution in [3.63, 3.8) is 0 Å². The summed E-state index contributed by atoms with van der Waals surface area (Å²) in [5, 5.41) is 0. The van der Waals surface area contributed by atoms with E-state index >= 15 is 0 Å². The molecule has 0 saturated carbocycles. The van der Waals surface area contributed by atoms with Gasteiger partial charge in [-0.3, -0.25) is 4.90 Å². The Balaban J connectivity index is 2.66. The van der Waals surface area contributed by atoms with Crippen molar-refractivity contribution in [3.8, 4) is 0 Å². The van der Waals surface area contributed by atoms with Crippen LogP contribution in [-0.4, -0.2) is 42.7 Å². The van der Waals surface area contributed by atoms with Crippen molar-refractivity contribution in [2.45, 2.75) is 32.4 Å². The minimum Gasteiger partial charge on any atom is -0.385 e. The van der Waals surface area contributed by atoms with Crippen LogP contribution in [0, 0.1) is 6.92 Å². The summed E-state index contributed by atoms with van der Waals surface area (Å²) in [6, 6.07) is 0. The van der Waals surface area contributed by atoms with Crippen molar-refractivity contribution in [2.24, 2.45) is 5.73 Å². The van der Waals surface area contributed by atoms with E-state index in [1.165, 1.54) is 4.88 Å². The van der Waals surface area contributed by atoms with Crippen LogP contribution in [0.5, 0.6) is 0 Å². The Hall–Kier alpha value is -0.490. The number of hydrogen-bond acceptors (Lipinski definition) is 5. The van der Waals surface area contributed by atoms with E-state index in [1.807, 2.05) is 5.51 Å². The molecule has 1 heterocycles. The van der Waals surface area contributed by atoms with Gasteiger partial charge in [-0.15, -0.1) is 11.3 Å². The maximum Gasteiger partial charge on any atom is 0.0798 e. The number of thiazole rings is 1. The Bertz CT molecular complexity index is 342. The van der Waals surface area contributed by atoms with Crippen molar-refractivity contribution in [2.75, 3.05) is 27.3 Å². The van der Waals surface area contributed by atoms with Crippen LogP contribution in [0.25, 0.3) is 0 Å². The Kier molecular flexibility index (Phi) is 5.52. The number of hydrogen-bond donors (Lipinski definition) is 1. The normalized spacial score (nSPS) is 15.2. The fourth-order valence-corrected chi connectivity index (χ4v) is 2.48. The van der Waals surface area contributed by atoms with E-state index in [0.717, 1.165) is 25.3 Å².